The molecular formula is C21H22ClFN2O3. The maximum absolute atomic E-state index is 13.3. The van der Waals surface area contributed by atoms with Gasteiger partial charge in [0, 0.05) is 25.2 Å². The quantitative estimate of drug-likeness (QED) is 0.822. The van der Waals surface area contributed by atoms with Crippen LogP contribution < -0.4 is 14.8 Å². The Morgan fingerprint density at radius 3 is 2.93 bits per heavy atom. The third-order valence-corrected chi connectivity index (χ3v) is 5.47. The molecule has 0 bridgehead atoms. The van der Waals surface area contributed by atoms with Gasteiger partial charge in [0.2, 0.25) is 6.79 Å². The van der Waals surface area contributed by atoms with E-state index in [-0.39, 0.29) is 17.7 Å². The van der Waals surface area contributed by atoms with E-state index in [0.717, 1.165) is 38.0 Å². The van der Waals surface area contributed by atoms with Crippen LogP contribution in [0, 0.1) is 11.7 Å². The number of piperidine rings is 1. The smallest absolute Gasteiger partial charge is 0.251 e. The van der Waals surface area contributed by atoms with Crippen LogP contribution in [0.15, 0.2) is 36.4 Å². The summed E-state index contributed by atoms with van der Waals surface area (Å²) < 4.78 is 23.9. The molecule has 2 aliphatic heterocycles. The SMILES string of the molecule is O=C(NCC1CCCN(Cc2ccc(F)c(Cl)c2)C1)c1ccc2c(c1)OCO2. The van der Waals surface area contributed by atoms with Crippen molar-refractivity contribution in [1.29, 1.82) is 0 Å². The van der Waals surface area contributed by atoms with Crippen LogP contribution in [-0.2, 0) is 6.54 Å². The Morgan fingerprint density at radius 1 is 1.21 bits per heavy atom. The fraction of sp³-hybridized carbons (Fsp3) is 0.381. The van der Waals surface area contributed by atoms with E-state index in [2.05, 4.69) is 10.2 Å². The van der Waals surface area contributed by atoms with E-state index in [9.17, 15) is 9.18 Å². The maximum atomic E-state index is 13.3. The molecule has 0 radical (unpaired) electrons. The summed E-state index contributed by atoms with van der Waals surface area (Å²) >= 11 is 5.88. The van der Waals surface area contributed by atoms with Crippen LogP contribution in [0.2, 0.25) is 5.02 Å². The van der Waals surface area contributed by atoms with Gasteiger partial charge in [-0.25, -0.2) is 4.39 Å². The second-order valence-electron chi connectivity index (χ2n) is 7.27. The van der Waals surface area contributed by atoms with Gasteiger partial charge in [-0.05, 0) is 61.2 Å². The number of amides is 1. The number of nitrogens with zero attached hydrogens (tertiary/aromatic N) is 1. The normalized spacial score (nSPS) is 18.9. The minimum absolute atomic E-state index is 0.110. The summed E-state index contributed by atoms with van der Waals surface area (Å²) in [5.74, 6) is 1.14. The lowest BCUT2D eigenvalue weighted by molar-refractivity contribution is 0.0930. The van der Waals surface area contributed by atoms with Gasteiger partial charge in [-0.1, -0.05) is 17.7 Å². The predicted octanol–water partition coefficient (Wildman–Crippen LogP) is 3.85. The van der Waals surface area contributed by atoms with Crippen LogP contribution in [0.5, 0.6) is 11.5 Å². The number of ether oxygens (including phenoxy) is 2. The molecule has 0 aromatic heterocycles. The molecule has 1 atom stereocenters. The summed E-state index contributed by atoms with van der Waals surface area (Å²) in [5.41, 5.74) is 1.56. The molecule has 1 fully saturated rings. The van der Waals surface area contributed by atoms with Crippen molar-refractivity contribution < 1.29 is 18.7 Å². The molecule has 148 valence electrons. The lowest BCUT2D eigenvalue weighted by Crippen LogP contribution is -2.40. The highest BCUT2D eigenvalue weighted by Crippen LogP contribution is 2.32. The number of benzene rings is 2. The summed E-state index contributed by atoms with van der Waals surface area (Å²) in [7, 11) is 0. The molecule has 2 aliphatic rings. The van der Waals surface area contributed by atoms with Crippen LogP contribution in [0.1, 0.15) is 28.8 Å². The Hall–Kier alpha value is -2.31. The van der Waals surface area contributed by atoms with Crippen LogP contribution in [0.4, 0.5) is 4.39 Å². The summed E-state index contributed by atoms with van der Waals surface area (Å²) in [6.45, 7) is 3.41. The van der Waals surface area contributed by atoms with Gasteiger partial charge in [0.25, 0.3) is 5.91 Å². The topological polar surface area (TPSA) is 50.8 Å². The molecule has 1 saturated heterocycles. The van der Waals surface area contributed by atoms with Gasteiger partial charge in [0.05, 0.1) is 5.02 Å². The van der Waals surface area contributed by atoms with Crippen molar-refractivity contribution in [2.24, 2.45) is 5.92 Å². The highest BCUT2D eigenvalue weighted by molar-refractivity contribution is 6.30. The Balaban J connectivity index is 1.30. The molecule has 28 heavy (non-hydrogen) atoms. The van der Waals surface area contributed by atoms with E-state index in [1.807, 2.05) is 0 Å². The van der Waals surface area contributed by atoms with E-state index in [1.165, 1.54) is 6.07 Å². The van der Waals surface area contributed by atoms with Gasteiger partial charge < -0.3 is 14.8 Å². The molecule has 5 nitrogen and oxygen atoms in total. The Labute approximate surface area is 168 Å². The summed E-state index contributed by atoms with van der Waals surface area (Å²) in [6.07, 6.45) is 2.14. The number of nitrogens with one attached hydrogen (secondary N) is 1. The zero-order chi connectivity index (χ0) is 19.5. The second kappa shape index (κ2) is 8.37. The molecule has 0 spiro atoms. The van der Waals surface area contributed by atoms with Gasteiger partial charge in [0.1, 0.15) is 5.82 Å². The van der Waals surface area contributed by atoms with E-state index in [0.29, 0.717) is 29.5 Å². The van der Waals surface area contributed by atoms with Gasteiger partial charge in [-0.3, -0.25) is 9.69 Å². The van der Waals surface area contributed by atoms with Gasteiger partial charge in [-0.2, -0.15) is 0 Å². The molecule has 2 heterocycles. The number of hydrogen-bond acceptors (Lipinski definition) is 4. The summed E-state index contributed by atoms with van der Waals surface area (Å²) in [4.78, 5) is 14.8. The van der Waals surface area contributed by atoms with Gasteiger partial charge in [0.15, 0.2) is 11.5 Å². The van der Waals surface area contributed by atoms with Crippen LogP contribution in [0.3, 0.4) is 0 Å². The lowest BCUT2D eigenvalue weighted by Gasteiger charge is -2.33. The molecule has 1 amide bonds. The van der Waals surface area contributed by atoms with Crippen LogP contribution >= 0.6 is 11.6 Å². The predicted molar refractivity (Wildman–Crippen MR) is 104 cm³/mol. The van der Waals surface area contributed by atoms with Gasteiger partial charge >= 0.3 is 0 Å². The third-order valence-electron chi connectivity index (χ3n) is 5.18. The first-order valence-corrected chi connectivity index (χ1v) is 9.80. The number of hydrogen-bond donors (Lipinski definition) is 1. The third kappa shape index (κ3) is 4.39. The number of halogens is 2. The highest BCUT2D eigenvalue weighted by Gasteiger charge is 2.22. The molecule has 0 saturated carbocycles. The lowest BCUT2D eigenvalue weighted by atomic mass is 9.97. The number of rotatable bonds is 5. The summed E-state index contributed by atoms with van der Waals surface area (Å²) in [6, 6.07) is 10.1. The zero-order valence-corrected chi connectivity index (χ0v) is 16.2. The number of likely N-dealkylation sites (tertiary alicyclic amines) is 1. The molecular weight excluding hydrogens is 383 g/mol. The molecule has 4 rings (SSSR count). The van der Waals surface area contributed by atoms with E-state index < -0.39 is 5.82 Å². The monoisotopic (exact) mass is 404 g/mol. The first-order chi connectivity index (χ1) is 13.6. The minimum atomic E-state index is -0.395. The second-order valence-corrected chi connectivity index (χ2v) is 7.68. The highest BCUT2D eigenvalue weighted by atomic mass is 35.5. The maximum Gasteiger partial charge on any atom is 0.251 e. The van der Waals surface area contributed by atoms with Crippen molar-refractivity contribution in [3.63, 3.8) is 0 Å². The largest absolute Gasteiger partial charge is 0.454 e. The Bertz CT molecular complexity index is 877. The fourth-order valence-electron chi connectivity index (χ4n) is 3.73. The van der Waals surface area contributed by atoms with Crippen molar-refractivity contribution in [2.45, 2.75) is 19.4 Å². The average Bonchev–Trinajstić information content (AvgIpc) is 3.17. The van der Waals surface area contributed by atoms with Crippen molar-refractivity contribution >= 4 is 17.5 Å². The molecule has 1 unspecified atom stereocenters. The number of carbonyl (C=O) groups excluding carboxylic acids is 1. The summed E-state index contributed by atoms with van der Waals surface area (Å²) in [5, 5.41) is 3.18. The average molecular weight is 405 g/mol. The molecule has 0 aliphatic carbocycles. The van der Waals surface area contributed by atoms with Crippen molar-refractivity contribution in [2.75, 3.05) is 26.4 Å². The van der Waals surface area contributed by atoms with E-state index in [4.69, 9.17) is 21.1 Å². The van der Waals surface area contributed by atoms with Crippen molar-refractivity contribution in [3.8, 4) is 11.5 Å². The fourth-order valence-corrected chi connectivity index (χ4v) is 3.94. The first kappa shape index (κ1) is 19.0. The first-order valence-electron chi connectivity index (χ1n) is 9.42. The molecule has 2 aromatic carbocycles. The molecule has 1 N–H and O–H groups in total. The van der Waals surface area contributed by atoms with Gasteiger partial charge in [-0.15, -0.1) is 0 Å². The standard InChI is InChI=1S/C21H22ClFN2O3/c22-17-8-14(3-5-18(17)23)11-25-7-1-2-15(12-25)10-24-21(26)16-4-6-19-20(9-16)28-13-27-19/h3-6,8-9,15H,1-2,7,10-13H2,(H,24,26). The Morgan fingerprint density at radius 2 is 2.07 bits per heavy atom. The van der Waals surface area contributed by atoms with Crippen molar-refractivity contribution in [3.05, 3.63) is 58.4 Å². The molecule has 7 heteroatoms. The minimum Gasteiger partial charge on any atom is -0.454 e. The molecule has 2 aromatic rings. The van der Waals surface area contributed by atoms with Crippen LogP contribution in [-0.4, -0.2) is 37.2 Å². The number of carbonyl (C=O) groups is 1. The number of fused-ring (bicyclic) bond motifs is 1. The van der Waals surface area contributed by atoms with E-state index >= 15 is 0 Å². The van der Waals surface area contributed by atoms with Crippen molar-refractivity contribution in [1.82, 2.24) is 10.2 Å². The van der Waals surface area contributed by atoms with E-state index in [1.54, 1.807) is 30.3 Å². The Kier molecular flexibility index (Phi) is 5.69. The zero-order valence-electron chi connectivity index (χ0n) is 15.4. The van der Waals surface area contributed by atoms with Crippen LogP contribution in [0.25, 0.3) is 0 Å².